The van der Waals surface area contributed by atoms with Gasteiger partial charge in [-0.05, 0) is 53.8 Å². The van der Waals surface area contributed by atoms with Gasteiger partial charge in [-0.2, -0.15) is 4.31 Å². The molecule has 158 valence electrons. The molecule has 2 aromatic rings. The molecule has 2 aromatic carbocycles. The smallest absolute Gasteiger partial charge is 0.236 e. The van der Waals surface area contributed by atoms with Crippen molar-refractivity contribution in [1.82, 2.24) is 4.31 Å². The Morgan fingerprint density at radius 1 is 1.03 bits per heavy atom. The molecule has 0 bridgehead atoms. The van der Waals surface area contributed by atoms with Crippen molar-refractivity contribution in [2.45, 2.75) is 32.1 Å². The Labute approximate surface area is 172 Å². The highest BCUT2D eigenvalue weighted by Gasteiger charge is 2.26. The predicted octanol–water partition coefficient (Wildman–Crippen LogP) is 2.74. The monoisotopic (exact) mass is 438 g/mol. The second kappa shape index (κ2) is 8.73. The fourth-order valence-corrected chi connectivity index (χ4v) is 6.04. The Bertz CT molecular complexity index is 1060. The van der Waals surface area contributed by atoms with Gasteiger partial charge in [-0.25, -0.2) is 16.8 Å². The summed E-state index contributed by atoms with van der Waals surface area (Å²) in [5, 5.41) is 0. The SMILES string of the molecule is CCCS(=O)(=O)N1CCc2ccc(NS(=O)(=O)Cc3ccc(OC)cc3)cc2C1. The number of ether oxygens (including phenoxy) is 1. The van der Waals surface area contributed by atoms with Crippen molar-refractivity contribution in [3.8, 4) is 5.75 Å². The van der Waals surface area contributed by atoms with Crippen LogP contribution >= 0.6 is 0 Å². The zero-order valence-electron chi connectivity index (χ0n) is 16.6. The maximum absolute atomic E-state index is 12.6. The predicted molar refractivity (Wildman–Crippen MR) is 114 cm³/mol. The summed E-state index contributed by atoms with van der Waals surface area (Å²) >= 11 is 0. The summed E-state index contributed by atoms with van der Waals surface area (Å²) in [5.41, 5.74) is 2.96. The van der Waals surface area contributed by atoms with Crippen molar-refractivity contribution in [3.63, 3.8) is 0 Å². The summed E-state index contributed by atoms with van der Waals surface area (Å²) in [4.78, 5) is 0. The number of anilines is 1. The molecule has 1 aliphatic heterocycles. The summed E-state index contributed by atoms with van der Waals surface area (Å²) in [6.45, 7) is 2.56. The third-order valence-electron chi connectivity index (χ3n) is 4.83. The topological polar surface area (TPSA) is 92.8 Å². The largest absolute Gasteiger partial charge is 0.497 e. The number of sulfonamides is 2. The first-order valence-corrected chi connectivity index (χ1v) is 12.7. The number of nitrogens with zero attached hydrogens (tertiary/aromatic N) is 1. The Kier molecular flexibility index (Phi) is 6.50. The molecule has 7 nitrogen and oxygen atoms in total. The van der Waals surface area contributed by atoms with Crippen LogP contribution in [0.4, 0.5) is 5.69 Å². The minimum Gasteiger partial charge on any atom is -0.497 e. The lowest BCUT2D eigenvalue weighted by Crippen LogP contribution is -2.37. The molecule has 0 fully saturated rings. The van der Waals surface area contributed by atoms with Crippen LogP contribution in [0.15, 0.2) is 42.5 Å². The van der Waals surface area contributed by atoms with E-state index in [0.717, 1.165) is 11.1 Å². The molecule has 0 aromatic heterocycles. The number of fused-ring (bicyclic) bond motifs is 1. The molecule has 0 atom stereocenters. The van der Waals surface area contributed by atoms with Gasteiger partial charge in [0.05, 0.1) is 18.6 Å². The molecule has 1 aliphatic rings. The van der Waals surface area contributed by atoms with Gasteiger partial charge in [0, 0.05) is 18.8 Å². The number of hydrogen-bond acceptors (Lipinski definition) is 5. The molecule has 29 heavy (non-hydrogen) atoms. The van der Waals surface area contributed by atoms with E-state index in [4.69, 9.17) is 4.74 Å². The van der Waals surface area contributed by atoms with Gasteiger partial charge in [-0.15, -0.1) is 0 Å². The molecular formula is C20H26N2O5S2. The van der Waals surface area contributed by atoms with E-state index in [2.05, 4.69) is 4.72 Å². The van der Waals surface area contributed by atoms with Crippen molar-refractivity contribution in [3.05, 3.63) is 59.2 Å². The Hall–Kier alpha value is -2.10. The van der Waals surface area contributed by atoms with Gasteiger partial charge in [0.15, 0.2) is 0 Å². The van der Waals surface area contributed by atoms with E-state index in [1.165, 1.54) is 4.31 Å². The van der Waals surface area contributed by atoms with Crippen molar-refractivity contribution in [2.24, 2.45) is 0 Å². The van der Waals surface area contributed by atoms with E-state index < -0.39 is 20.0 Å². The number of nitrogens with one attached hydrogen (secondary N) is 1. The minimum atomic E-state index is -3.61. The number of benzene rings is 2. The lowest BCUT2D eigenvalue weighted by Gasteiger charge is -2.28. The van der Waals surface area contributed by atoms with E-state index >= 15 is 0 Å². The summed E-state index contributed by atoms with van der Waals surface area (Å²) < 4.78 is 59.0. The minimum absolute atomic E-state index is 0.122. The molecule has 0 unspecified atom stereocenters. The van der Waals surface area contributed by atoms with Crippen molar-refractivity contribution in [2.75, 3.05) is 24.1 Å². The van der Waals surface area contributed by atoms with Gasteiger partial charge < -0.3 is 4.74 Å². The van der Waals surface area contributed by atoms with Crippen molar-refractivity contribution >= 4 is 25.7 Å². The molecule has 3 rings (SSSR count). The van der Waals surface area contributed by atoms with Crippen LogP contribution in [0.5, 0.6) is 5.75 Å². The quantitative estimate of drug-likeness (QED) is 0.684. The third kappa shape index (κ3) is 5.49. The summed E-state index contributed by atoms with van der Waals surface area (Å²) in [7, 11) is -5.34. The second-order valence-electron chi connectivity index (χ2n) is 7.09. The van der Waals surface area contributed by atoms with Gasteiger partial charge >= 0.3 is 0 Å². The molecule has 1 heterocycles. The fourth-order valence-electron chi connectivity index (χ4n) is 3.38. The third-order valence-corrected chi connectivity index (χ3v) is 8.11. The van der Waals surface area contributed by atoms with Gasteiger partial charge in [-0.3, -0.25) is 4.72 Å². The normalized spacial score (nSPS) is 15.0. The lowest BCUT2D eigenvalue weighted by molar-refractivity contribution is 0.391. The van der Waals surface area contributed by atoms with Crippen LogP contribution in [-0.4, -0.2) is 40.5 Å². The van der Waals surface area contributed by atoms with E-state index in [0.29, 0.717) is 36.4 Å². The van der Waals surface area contributed by atoms with Gasteiger partial charge in [-0.1, -0.05) is 25.1 Å². The van der Waals surface area contributed by atoms with Crippen LogP contribution in [0.1, 0.15) is 30.0 Å². The molecular weight excluding hydrogens is 412 g/mol. The number of methoxy groups -OCH3 is 1. The standard InChI is InChI=1S/C20H26N2O5S2/c1-3-12-29(25,26)22-11-10-17-6-7-19(13-18(17)14-22)21-28(23,24)15-16-4-8-20(27-2)9-5-16/h4-9,13,21H,3,10-12,14-15H2,1-2H3. The van der Waals surface area contributed by atoms with Crippen LogP contribution in [0.3, 0.4) is 0 Å². The van der Waals surface area contributed by atoms with E-state index in [9.17, 15) is 16.8 Å². The first-order chi connectivity index (χ1) is 13.7. The lowest BCUT2D eigenvalue weighted by atomic mass is 10.0. The van der Waals surface area contributed by atoms with Crippen molar-refractivity contribution in [1.29, 1.82) is 0 Å². The van der Waals surface area contributed by atoms with E-state index in [-0.39, 0.29) is 18.1 Å². The van der Waals surface area contributed by atoms with Gasteiger partial charge in [0.1, 0.15) is 5.75 Å². The van der Waals surface area contributed by atoms with Crippen LogP contribution < -0.4 is 9.46 Å². The average Bonchev–Trinajstić information content (AvgIpc) is 2.67. The number of hydrogen-bond donors (Lipinski definition) is 1. The Morgan fingerprint density at radius 2 is 1.76 bits per heavy atom. The molecule has 0 saturated heterocycles. The Morgan fingerprint density at radius 3 is 2.41 bits per heavy atom. The average molecular weight is 439 g/mol. The zero-order chi connectivity index (χ0) is 21.1. The van der Waals surface area contributed by atoms with Crippen molar-refractivity contribution < 1.29 is 21.6 Å². The molecule has 0 spiro atoms. The highest BCUT2D eigenvalue weighted by Crippen LogP contribution is 2.25. The first-order valence-electron chi connectivity index (χ1n) is 9.45. The highest BCUT2D eigenvalue weighted by molar-refractivity contribution is 7.91. The van der Waals surface area contributed by atoms with Gasteiger partial charge in [0.2, 0.25) is 20.0 Å². The first kappa shape index (κ1) is 21.6. The van der Waals surface area contributed by atoms with Gasteiger partial charge in [0.25, 0.3) is 0 Å². The molecule has 0 aliphatic carbocycles. The summed E-state index contributed by atoms with van der Waals surface area (Å²) in [5.74, 6) is 0.623. The van der Waals surface area contributed by atoms with E-state index in [1.54, 1.807) is 43.5 Å². The Balaban J connectivity index is 1.73. The molecule has 0 saturated carbocycles. The van der Waals surface area contributed by atoms with Crippen LogP contribution in [0.2, 0.25) is 0 Å². The zero-order valence-corrected chi connectivity index (χ0v) is 18.2. The summed E-state index contributed by atoms with van der Waals surface area (Å²) in [6, 6.07) is 12.2. The number of rotatable bonds is 8. The highest BCUT2D eigenvalue weighted by atomic mass is 32.2. The maximum atomic E-state index is 12.6. The summed E-state index contributed by atoms with van der Waals surface area (Å²) in [6.07, 6.45) is 1.19. The van der Waals surface area contributed by atoms with Crippen LogP contribution in [0, 0.1) is 0 Å². The van der Waals surface area contributed by atoms with Crippen LogP contribution in [0.25, 0.3) is 0 Å². The van der Waals surface area contributed by atoms with Crippen LogP contribution in [-0.2, 0) is 38.8 Å². The molecule has 1 N–H and O–H groups in total. The van der Waals surface area contributed by atoms with E-state index in [1.807, 2.05) is 13.0 Å². The fraction of sp³-hybridized carbons (Fsp3) is 0.400. The molecule has 0 radical (unpaired) electrons. The molecule has 0 amide bonds. The molecule has 9 heteroatoms. The second-order valence-corrected chi connectivity index (χ2v) is 10.9. The maximum Gasteiger partial charge on any atom is 0.236 e.